The SMILES string of the molecule is COCCn1c(SCC(=O)N(C)CC(=O)NC(C)(C)C)nnc1-c1ccncc1. The number of hydrogen-bond acceptors (Lipinski definition) is 7. The highest BCUT2D eigenvalue weighted by atomic mass is 32.2. The third-order valence-electron chi connectivity index (χ3n) is 3.82. The van der Waals surface area contributed by atoms with Crippen molar-refractivity contribution in [1.82, 2.24) is 30.0 Å². The Morgan fingerprint density at radius 1 is 1.24 bits per heavy atom. The molecule has 2 rings (SSSR count). The molecule has 9 nitrogen and oxygen atoms in total. The highest BCUT2D eigenvalue weighted by Gasteiger charge is 2.20. The van der Waals surface area contributed by atoms with Crippen LogP contribution in [0.3, 0.4) is 0 Å². The number of nitrogens with one attached hydrogen (secondary N) is 1. The number of carbonyl (C=O) groups excluding carboxylic acids is 2. The summed E-state index contributed by atoms with van der Waals surface area (Å²) in [5.74, 6) is 0.491. The maximum absolute atomic E-state index is 12.5. The van der Waals surface area contributed by atoms with E-state index in [2.05, 4.69) is 20.5 Å². The molecule has 0 fully saturated rings. The fourth-order valence-corrected chi connectivity index (χ4v) is 3.40. The van der Waals surface area contributed by atoms with E-state index in [4.69, 9.17) is 4.74 Å². The normalized spacial score (nSPS) is 11.3. The Bertz CT molecular complexity index is 819. The van der Waals surface area contributed by atoms with E-state index in [0.717, 1.165) is 5.56 Å². The highest BCUT2D eigenvalue weighted by Crippen LogP contribution is 2.23. The van der Waals surface area contributed by atoms with Crippen molar-refractivity contribution in [2.24, 2.45) is 0 Å². The van der Waals surface area contributed by atoms with Crippen LogP contribution in [-0.2, 0) is 20.9 Å². The van der Waals surface area contributed by atoms with Crippen molar-refractivity contribution in [3.05, 3.63) is 24.5 Å². The first kappa shape index (κ1) is 22.8. The number of thioether (sulfide) groups is 1. The van der Waals surface area contributed by atoms with Gasteiger partial charge >= 0.3 is 0 Å². The molecule has 2 aromatic rings. The van der Waals surface area contributed by atoms with Crippen LogP contribution in [-0.4, -0.2) is 75.1 Å². The lowest BCUT2D eigenvalue weighted by Gasteiger charge is -2.23. The molecule has 2 heterocycles. The Labute approximate surface area is 175 Å². The third kappa shape index (κ3) is 7.13. The second kappa shape index (κ2) is 10.4. The minimum absolute atomic E-state index is 0.00922. The van der Waals surface area contributed by atoms with Gasteiger partial charge in [0.1, 0.15) is 0 Å². The maximum Gasteiger partial charge on any atom is 0.240 e. The van der Waals surface area contributed by atoms with Crippen LogP contribution in [0.1, 0.15) is 20.8 Å². The van der Waals surface area contributed by atoms with Crippen molar-refractivity contribution in [3.63, 3.8) is 0 Å². The summed E-state index contributed by atoms with van der Waals surface area (Å²) in [6.45, 7) is 6.75. The number of methoxy groups -OCH3 is 1. The van der Waals surface area contributed by atoms with Gasteiger partial charge in [-0.05, 0) is 32.9 Å². The summed E-state index contributed by atoms with van der Waals surface area (Å²) in [5, 5.41) is 12.0. The Balaban J connectivity index is 2.03. The second-order valence-corrected chi connectivity index (χ2v) is 8.47. The number of nitrogens with zero attached hydrogens (tertiary/aromatic N) is 5. The molecule has 0 spiro atoms. The number of hydrogen-bond donors (Lipinski definition) is 1. The molecule has 2 amide bonds. The molecule has 0 aromatic carbocycles. The zero-order chi connectivity index (χ0) is 21.4. The van der Waals surface area contributed by atoms with Gasteiger partial charge in [0.25, 0.3) is 0 Å². The molecular formula is C19H28N6O3S. The van der Waals surface area contributed by atoms with E-state index in [1.165, 1.54) is 16.7 Å². The predicted octanol–water partition coefficient (Wildman–Crippen LogP) is 1.45. The monoisotopic (exact) mass is 420 g/mol. The van der Waals surface area contributed by atoms with Crippen molar-refractivity contribution in [2.45, 2.75) is 38.0 Å². The van der Waals surface area contributed by atoms with Crippen LogP contribution in [0.25, 0.3) is 11.4 Å². The minimum atomic E-state index is -0.336. The fraction of sp³-hybridized carbons (Fsp3) is 0.526. The first-order valence-electron chi connectivity index (χ1n) is 9.21. The van der Waals surface area contributed by atoms with Crippen LogP contribution < -0.4 is 5.32 Å². The van der Waals surface area contributed by atoms with Gasteiger partial charge in [0.05, 0.1) is 25.4 Å². The van der Waals surface area contributed by atoms with Crippen molar-refractivity contribution >= 4 is 23.6 Å². The van der Waals surface area contributed by atoms with E-state index >= 15 is 0 Å². The van der Waals surface area contributed by atoms with Crippen molar-refractivity contribution in [1.29, 1.82) is 0 Å². The molecular weight excluding hydrogens is 392 g/mol. The Morgan fingerprint density at radius 3 is 2.55 bits per heavy atom. The average Bonchev–Trinajstić information content (AvgIpc) is 3.06. The maximum atomic E-state index is 12.5. The molecule has 0 atom stereocenters. The van der Waals surface area contributed by atoms with Crippen molar-refractivity contribution in [2.75, 3.05) is 33.1 Å². The minimum Gasteiger partial charge on any atom is -0.383 e. The molecule has 0 aliphatic heterocycles. The summed E-state index contributed by atoms with van der Waals surface area (Å²) >= 11 is 1.28. The number of aromatic nitrogens is 4. The smallest absolute Gasteiger partial charge is 0.240 e. The molecule has 2 aromatic heterocycles. The molecule has 0 bridgehead atoms. The van der Waals surface area contributed by atoms with Gasteiger partial charge in [-0.15, -0.1) is 10.2 Å². The van der Waals surface area contributed by atoms with Crippen molar-refractivity contribution < 1.29 is 14.3 Å². The Hall–Kier alpha value is -2.46. The van der Waals surface area contributed by atoms with Gasteiger partial charge in [0.2, 0.25) is 11.8 Å². The summed E-state index contributed by atoms with van der Waals surface area (Å²) in [4.78, 5) is 29.9. The lowest BCUT2D eigenvalue weighted by Crippen LogP contribution is -2.46. The van der Waals surface area contributed by atoms with Gasteiger partial charge in [0, 0.05) is 37.7 Å². The quantitative estimate of drug-likeness (QED) is 0.613. The number of amides is 2. The number of likely N-dealkylation sites (N-methyl/N-ethyl adjacent to an activating group) is 1. The van der Waals surface area contributed by atoms with Crippen LogP contribution in [0.15, 0.2) is 29.7 Å². The summed E-state index contributed by atoms with van der Waals surface area (Å²) in [6.07, 6.45) is 3.39. The van der Waals surface area contributed by atoms with Crippen LogP contribution in [0.5, 0.6) is 0 Å². The molecule has 0 unspecified atom stereocenters. The van der Waals surface area contributed by atoms with Gasteiger partial charge in [-0.2, -0.15) is 0 Å². The predicted molar refractivity (Wildman–Crippen MR) is 111 cm³/mol. The van der Waals surface area contributed by atoms with Crippen molar-refractivity contribution in [3.8, 4) is 11.4 Å². The fourth-order valence-electron chi connectivity index (χ4n) is 2.49. The lowest BCUT2D eigenvalue weighted by atomic mass is 10.1. The van der Waals surface area contributed by atoms with Gasteiger partial charge in [0.15, 0.2) is 11.0 Å². The molecule has 0 saturated heterocycles. The van der Waals surface area contributed by atoms with E-state index in [1.54, 1.807) is 26.6 Å². The molecule has 0 aliphatic rings. The first-order chi connectivity index (χ1) is 13.7. The van der Waals surface area contributed by atoms with Crippen LogP contribution >= 0.6 is 11.8 Å². The first-order valence-corrected chi connectivity index (χ1v) is 10.2. The van der Waals surface area contributed by atoms with Gasteiger partial charge in [-0.25, -0.2) is 0 Å². The summed E-state index contributed by atoms with van der Waals surface area (Å²) in [5.41, 5.74) is 0.550. The number of ether oxygens (including phenoxy) is 1. The van der Waals surface area contributed by atoms with Gasteiger partial charge in [-0.3, -0.25) is 19.1 Å². The zero-order valence-corrected chi connectivity index (χ0v) is 18.3. The van der Waals surface area contributed by atoms with E-state index in [-0.39, 0.29) is 29.7 Å². The zero-order valence-electron chi connectivity index (χ0n) is 17.5. The molecule has 10 heteroatoms. The number of rotatable bonds is 9. The van der Waals surface area contributed by atoms with Crippen LogP contribution in [0, 0.1) is 0 Å². The summed E-state index contributed by atoms with van der Waals surface area (Å²) < 4.78 is 7.11. The number of carbonyl (C=O) groups is 2. The standard InChI is InChI=1S/C19H28N6O3S/c1-19(2,3)21-15(26)12-24(4)16(27)13-29-18-23-22-17(25(18)10-11-28-5)14-6-8-20-9-7-14/h6-9H,10-13H2,1-5H3,(H,21,26). The summed E-state index contributed by atoms with van der Waals surface area (Å²) in [7, 11) is 3.24. The van der Waals surface area contributed by atoms with E-state index in [1.807, 2.05) is 37.5 Å². The average molecular weight is 421 g/mol. The van der Waals surface area contributed by atoms with Gasteiger partial charge < -0.3 is 15.0 Å². The van der Waals surface area contributed by atoms with Gasteiger partial charge in [-0.1, -0.05) is 11.8 Å². The van der Waals surface area contributed by atoms with Crippen LogP contribution in [0.2, 0.25) is 0 Å². The summed E-state index contributed by atoms with van der Waals surface area (Å²) in [6, 6.07) is 3.71. The number of pyridine rings is 1. The highest BCUT2D eigenvalue weighted by molar-refractivity contribution is 7.99. The molecule has 0 radical (unpaired) electrons. The third-order valence-corrected chi connectivity index (χ3v) is 4.77. The molecule has 0 saturated carbocycles. The molecule has 158 valence electrons. The molecule has 0 aliphatic carbocycles. The molecule has 1 N–H and O–H groups in total. The largest absolute Gasteiger partial charge is 0.383 e. The van der Waals surface area contributed by atoms with E-state index in [0.29, 0.717) is 24.1 Å². The van der Waals surface area contributed by atoms with Crippen LogP contribution in [0.4, 0.5) is 0 Å². The Kier molecular flexibility index (Phi) is 8.15. The van der Waals surface area contributed by atoms with E-state index in [9.17, 15) is 9.59 Å². The topological polar surface area (TPSA) is 102 Å². The second-order valence-electron chi connectivity index (χ2n) is 7.52. The Morgan fingerprint density at radius 2 is 1.93 bits per heavy atom. The molecule has 29 heavy (non-hydrogen) atoms. The lowest BCUT2D eigenvalue weighted by molar-refractivity contribution is -0.133. The van der Waals surface area contributed by atoms with E-state index < -0.39 is 0 Å².